The summed E-state index contributed by atoms with van der Waals surface area (Å²) >= 11 is 0. The van der Waals surface area contributed by atoms with Crippen molar-refractivity contribution in [1.29, 1.82) is 0 Å². The normalized spacial score (nSPS) is 12.6. The van der Waals surface area contributed by atoms with Crippen LogP contribution in [0.1, 0.15) is 26.3 Å². The van der Waals surface area contributed by atoms with Crippen molar-refractivity contribution in [3.8, 4) is 5.75 Å². The number of rotatable bonds is 4. The topological polar surface area (TPSA) is 81.7 Å². The lowest BCUT2D eigenvalue weighted by molar-refractivity contribution is -0.118. The summed E-state index contributed by atoms with van der Waals surface area (Å²) in [5, 5.41) is 2.59. The van der Waals surface area contributed by atoms with Crippen molar-refractivity contribution < 1.29 is 28.2 Å². The number of halogens is 1. The average Bonchev–Trinajstić information content (AvgIpc) is 2.60. The van der Waals surface area contributed by atoms with Gasteiger partial charge in [-0.15, -0.1) is 0 Å². The number of carbonyl (C=O) groups excluding carboxylic acids is 3. The number of nitrogens with one attached hydrogen (secondary N) is 1. The lowest BCUT2D eigenvalue weighted by Crippen LogP contribution is -2.25. The molecule has 0 saturated heterocycles. The molecular formula is C18H14FNO5. The predicted molar refractivity (Wildman–Crippen MR) is 86.3 cm³/mol. The number of carbonyl (C=O) groups is 3. The molecule has 0 unspecified atom stereocenters. The number of hydrogen-bond donors (Lipinski definition) is 1. The van der Waals surface area contributed by atoms with Gasteiger partial charge in [-0.3, -0.25) is 9.59 Å². The Balaban J connectivity index is 1.68. The van der Waals surface area contributed by atoms with Gasteiger partial charge in [0.1, 0.15) is 11.6 Å². The first-order valence-corrected chi connectivity index (χ1v) is 7.47. The largest absolute Gasteiger partial charge is 0.482 e. The lowest BCUT2D eigenvalue weighted by Gasteiger charge is -2.18. The number of fused-ring (bicyclic) bond motifs is 1. The number of amides is 1. The van der Waals surface area contributed by atoms with E-state index in [0.29, 0.717) is 17.0 Å². The van der Waals surface area contributed by atoms with Crippen LogP contribution in [0.5, 0.6) is 5.75 Å². The molecule has 1 heterocycles. The van der Waals surface area contributed by atoms with Gasteiger partial charge in [-0.1, -0.05) is 6.07 Å². The van der Waals surface area contributed by atoms with E-state index in [2.05, 4.69) is 5.32 Å². The van der Waals surface area contributed by atoms with Gasteiger partial charge in [-0.05, 0) is 42.8 Å². The quantitative estimate of drug-likeness (QED) is 0.681. The summed E-state index contributed by atoms with van der Waals surface area (Å²) in [5.74, 6) is -1.65. The van der Waals surface area contributed by atoms with Gasteiger partial charge in [0.05, 0.1) is 11.3 Å². The third-order valence-electron chi connectivity index (χ3n) is 3.69. The minimum Gasteiger partial charge on any atom is -0.482 e. The van der Waals surface area contributed by atoms with Gasteiger partial charge < -0.3 is 14.8 Å². The van der Waals surface area contributed by atoms with Crippen LogP contribution in [-0.4, -0.2) is 30.9 Å². The molecule has 25 heavy (non-hydrogen) atoms. The lowest BCUT2D eigenvalue weighted by atomic mass is 10.1. The average molecular weight is 343 g/mol. The maximum atomic E-state index is 13.2. The Labute approximate surface area is 142 Å². The van der Waals surface area contributed by atoms with Crippen molar-refractivity contribution in [3.63, 3.8) is 0 Å². The summed E-state index contributed by atoms with van der Waals surface area (Å²) in [7, 11) is 0. The van der Waals surface area contributed by atoms with E-state index in [-0.39, 0.29) is 23.6 Å². The number of hydrogen-bond acceptors (Lipinski definition) is 5. The highest BCUT2D eigenvalue weighted by Crippen LogP contribution is 2.28. The van der Waals surface area contributed by atoms with E-state index in [0.717, 1.165) is 6.07 Å². The molecule has 1 aliphatic heterocycles. The Kier molecular flexibility index (Phi) is 4.47. The highest BCUT2D eigenvalue weighted by Gasteiger charge is 2.19. The zero-order valence-electron chi connectivity index (χ0n) is 13.3. The molecule has 0 aliphatic carbocycles. The van der Waals surface area contributed by atoms with Crippen LogP contribution in [0.15, 0.2) is 36.4 Å². The van der Waals surface area contributed by atoms with Crippen LogP contribution in [0.25, 0.3) is 0 Å². The third kappa shape index (κ3) is 3.65. The molecule has 1 amide bonds. The van der Waals surface area contributed by atoms with E-state index in [4.69, 9.17) is 9.47 Å². The zero-order chi connectivity index (χ0) is 18.0. The van der Waals surface area contributed by atoms with E-state index >= 15 is 0 Å². The van der Waals surface area contributed by atoms with Crippen molar-refractivity contribution in [2.45, 2.75) is 6.92 Å². The molecule has 128 valence electrons. The second-order valence-electron chi connectivity index (χ2n) is 5.51. The first-order chi connectivity index (χ1) is 11.9. The highest BCUT2D eigenvalue weighted by atomic mass is 19.1. The van der Waals surface area contributed by atoms with E-state index < -0.39 is 24.2 Å². The molecule has 0 atom stereocenters. The summed E-state index contributed by atoms with van der Waals surface area (Å²) in [5.41, 5.74) is 1.26. The molecule has 2 aromatic carbocycles. The van der Waals surface area contributed by atoms with Crippen molar-refractivity contribution in [3.05, 3.63) is 58.9 Å². The number of aryl methyl sites for hydroxylation is 1. The van der Waals surface area contributed by atoms with Gasteiger partial charge in [0.2, 0.25) is 0 Å². The van der Waals surface area contributed by atoms with Crippen LogP contribution in [0.4, 0.5) is 10.1 Å². The summed E-state index contributed by atoms with van der Waals surface area (Å²) in [6.07, 6.45) is 0. The maximum absolute atomic E-state index is 13.2. The fourth-order valence-electron chi connectivity index (χ4n) is 2.36. The molecule has 0 fully saturated rings. The van der Waals surface area contributed by atoms with Crippen LogP contribution in [-0.2, 0) is 9.53 Å². The summed E-state index contributed by atoms with van der Waals surface area (Å²) in [6.45, 7) is 1.07. The first-order valence-electron chi connectivity index (χ1n) is 7.47. The summed E-state index contributed by atoms with van der Waals surface area (Å²) < 4.78 is 23.4. The van der Waals surface area contributed by atoms with Gasteiger partial charge >= 0.3 is 5.97 Å². The molecular weight excluding hydrogens is 329 g/mol. The number of ketones is 1. The van der Waals surface area contributed by atoms with Crippen molar-refractivity contribution >= 4 is 23.3 Å². The molecule has 0 radical (unpaired) electrons. The van der Waals surface area contributed by atoms with Crippen LogP contribution in [0.2, 0.25) is 0 Å². The second-order valence-corrected chi connectivity index (χ2v) is 5.51. The molecule has 0 bridgehead atoms. The molecule has 0 aromatic heterocycles. The number of esters is 1. The van der Waals surface area contributed by atoms with Crippen molar-refractivity contribution in [2.75, 3.05) is 18.5 Å². The van der Waals surface area contributed by atoms with E-state index in [1.807, 2.05) is 0 Å². The molecule has 3 rings (SSSR count). The first kappa shape index (κ1) is 16.6. The van der Waals surface area contributed by atoms with Gasteiger partial charge in [0, 0.05) is 5.56 Å². The van der Waals surface area contributed by atoms with Crippen molar-refractivity contribution in [1.82, 2.24) is 0 Å². The van der Waals surface area contributed by atoms with Crippen LogP contribution in [0, 0.1) is 12.7 Å². The molecule has 0 saturated carbocycles. The van der Waals surface area contributed by atoms with E-state index in [1.54, 1.807) is 13.0 Å². The van der Waals surface area contributed by atoms with Crippen LogP contribution >= 0.6 is 0 Å². The Morgan fingerprint density at radius 2 is 2.04 bits per heavy atom. The second kappa shape index (κ2) is 6.72. The fourth-order valence-corrected chi connectivity index (χ4v) is 2.36. The number of ether oxygens (including phenoxy) is 2. The summed E-state index contributed by atoms with van der Waals surface area (Å²) in [6, 6.07) is 8.28. The predicted octanol–water partition coefficient (Wildman–Crippen LogP) is 2.50. The number of benzene rings is 2. The molecule has 6 nitrogen and oxygen atoms in total. The Hall–Kier alpha value is -3.22. The Bertz CT molecular complexity index is 878. The van der Waals surface area contributed by atoms with Gasteiger partial charge in [-0.2, -0.15) is 0 Å². The van der Waals surface area contributed by atoms with E-state index in [9.17, 15) is 18.8 Å². The maximum Gasteiger partial charge on any atom is 0.338 e. The van der Waals surface area contributed by atoms with Crippen molar-refractivity contribution in [2.24, 2.45) is 0 Å². The van der Waals surface area contributed by atoms with Crippen LogP contribution in [0.3, 0.4) is 0 Å². The van der Waals surface area contributed by atoms with E-state index in [1.165, 1.54) is 24.3 Å². The standard InChI is InChI=1S/C18H14FNO5/c1-10-2-4-12(19)7-13(10)18(23)25-8-15(21)11-3-5-16-14(6-11)20-17(22)9-24-16/h2-7H,8-9H2,1H3,(H,20,22). The minimum absolute atomic E-state index is 0.0684. The zero-order valence-corrected chi connectivity index (χ0v) is 13.3. The molecule has 1 aliphatic rings. The van der Waals surface area contributed by atoms with Gasteiger partial charge in [0.25, 0.3) is 5.91 Å². The Morgan fingerprint density at radius 1 is 1.24 bits per heavy atom. The van der Waals surface area contributed by atoms with Gasteiger partial charge in [-0.25, -0.2) is 9.18 Å². The van der Waals surface area contributed by atoms with Crippen LogP contribution < -0.4 is 10.1 Å². The minimum atomic E-state index is -0.778. The molecule has 0 spiro atoms. The summed E-state index contributed by atoms with van der Waals surface area (Å²) in [4.78, 5) is 35.5. The Morgan fingerprint density at radius 3 is 2.84 bits per heavy atom. The SMILES string of the molecule is Cc1ccc(F)cc1C(=O)OCC(=O)c1ccc2c(c1)NC(=O)CO2. The molecule has 1 N–H and O–H groups in total. The highest BCUT2D eigenvalue weighted by molar-refractivity contribution is 6.02. The third-order valence-corrected chi connectivity index (χ3v) is 3.69. The smallest absolute Gasteiger partial charge is 0.338 e. The molecule has 2 aromatic rings. The number of anilines is 1. The fraction of sp³-hybridized carbons (Fsp3) is 0.167. The molecule has 7 heteroatoms. The van der Waals surface area contributed by atoms with Gasteiger partial charge in [0.15, 0.2) is 19.0 Å². The monoisotopic (exact) mass is 343 g/mol. The number of Topliss-reactive ketones (excluding diaryl/α,β-unsaturated/α-hetero) is 1.